The van der Waals surface area contributed by atoms with Gasteiger partial charge in [0.05, 0.1) is 0 Å². The zero-order chi connectivity index (χ0) is 16.3. The molecule has 0 heterocycles. The van der Waals surface area contributed by atoms with Crippen molar-refractivity contribution >= 4 is 21.8 Å². The second kappa shape index (κ2) is 6.81. The molecule has 0 aromatic heterocycles. The highest BCUT2D eigenvalue weighted by atomic mass is 79.9. The lowest BCUT2D eigenvalue weighted by Crippen LogP contribution is -2.40. The Labute approximate surface area is 131 Å². The quantitative estimate of drug-likeness (QED) is 0.724. The van der Waals surface area contributed by atoms with Gasteiger partial charge in [-0.1, -0.05) is 48.8 Å². The molecular formula is C15H19BrF3NO. The molecule has 0 N–H and O–H groups in total. The number of halogens is 4. The maximum atomic E-state index is 12.5. The van der Waals surface area contributed by atoms with Gasteiger partial charge in [-0.2, -0.15) is 13.2 Å². The third-order valence-electron chi connectivity index (χ3n) is 3.01. The van der Waals surface area contributed by atoms with Gasteiger partial charge in [0.25, 0.3) is 5.91 Å². The van der Waals surface area contributed by atoms with E-state index in [-0.39, 0.29) is 17.5 Å². The number of rotatable bonds is 4. The third-order valence-corrected chi connectivity index (χ3v) is 3.36. The molecule has 0 aliphatic carbocycles. The number of benzene rings is 1. The number of carbonyl (C=O) groups is 1. The van der Waals surface area contributed by atoms with Crippen molar-refractivity contribution in [2.24, 2.45) is 0 Å². The van der Waals surface area contributed by atoms with Crippen molar-refractivity contribution < 1.29 is 18.0 Å². The van der Waals surface area contributed by atoms with Gasteiger partial charge in [-0.15, -0.1) is 0 Å². The van der Waals surface area contributed by atoms with Crippen LogP contribution in [0.3, 0.4) is 0 Å². The van der Waals surface area contributed by atoms with Crippen molar-refractivity contribution in [3.05, 3.63) is 35.4 Å². The number of hydrogen-bond acceptors (Lipinski definition) is 1. The Bertz CT molecular complexity index is 477. The van der Waals surface area contributed by atoms with Crippen LogP contribution in [0.4, 0.5) is 13.2 Å². The van der Waals surface area contributed by atoms with Gasteiger partial charge in [-0.05, 0) is 23.1 Å². The zero-order valence-electron chi connectivity index (χ0n) is 12.3. The Kier molecular flexibility index (Phi) is 5.84. The van der Waals surface area contributed by atoms with E-state index in [2.05, 4.69) is 15.9 Å². The van der Waals surface area contributed by atoms with Crippen molar-refractivity contribution in [2.75, 3.05) is 18.4 Å². The molecule has 0 aliphatic rings. The normalized spacial score (nSPS) is 12.3. The molecule has 0 fully saturated rings. The summed E-state index contributed by atoms with van der Waals surface area (Å²) in [4.78, 5) is 13.0. The summed E-state index contributed by atoms with van der Waals surface area (Å²) < 4.78 is 37.5. The van der Waals surface area contributed by atoms with E-state index in [0.29, 0.717) is 5.33 Å². The Morgan fingerprint density at radius 3 is 2.05 bits per heavy atom. The van der Waals surface area contributed by atoms with E-state index in [0.717, 1.165) is 10.5 Å². The lowest BCUT2D eigenvalue weighted by atomic mass is 9.86. The summed E-state index contributed by atoms with van der Waals surface area (Å²) in [5, 5.41) is 0.300. The Hall–Kier alpha value is -1.04. The van der Waals surface area contributed by atoms with Crippen LogP contribution in [0, 0.1) is 0 Å². The maximum Gasteiger partial charge on any atom is 0.406 e. The van der Waals surface area contributed by atoms with Gasteiger partial charge >= 0.3 is 6.18 Å². The van der Waals surface area contributed by atoms with E-state index >= 15 is 0 Å². The average molecular weight is 366 g/mol. The number of amides is 1. The molecule has 6 heteroatoms. The first kappa shape index (κ1) is 18.0. The predicted molar refractivity (Wildman–Crippen MR) is 80.9 cm³/mol. The summed E-state index contributed by atoms with van der Waals surface area (Å²) in [5.41, 5.74) is 1.23. The van der Waals surface area contributed by atoms with E-state index in [1.807, 2.05) is 20.8 Å². The van der Waals surface area contributed by atoms with Gasteiger partial charge < -0.3 is 4.90 Å². The highest BCUT2D eigenvalue weighted by Crippen LogP contribution is 2.23. The Morgan fingerprint density at radius 2 is 1.67 bits per heavy atom. The SMILES string of the molecule is CC(C)(C)c1ccc(C(=O)N(CCBr)CC(F)(F)F)cc1. The lowest BCUT2D eigenvalue weighted by molar-refractivity contribution is -0.140. The van der Waals surface area contributed by atoms with Crippen molar-refractivity contribution in [1.82, 2.24) is 4.90 Å². The van der Waals surface area contributed by atoms with Crippen molar-refractivity contribution in [2.45, 2.75) is 32.4 Å². The third kappa shape index (κ3) is 5.69. The van der Waals surface area contributed by atoms with Crippen LogP contribution in [0.1, 0.15) is 36.7 Å². The first-order valence-electron chi connectivity index (χ1n) is 6.57. The van der Waals surface area contributed by atoms with Crippen molar-refractivity contribution in [1.29, 1.82) is 0 Å². The molecule has 0 atom stereocenters. The summed E-state index contributed by atoms with van der Waals surface area (Å²) in [6.45, 7) is 4.87. The lowest BCUT2D eigenvalue weighted by Gasteiger charge is -2.24. The monoisotopic (exact) mass is 365 g/mol. The fourth-order valence-corrected chi connectivity index (χ4v) is 2.29. The van der Waals surface area contributed by atoms with Gasteiger partial charge in [-0.25, -0.2) is 0 Å². The van der Waals surface area contributed by atoms with Crippen LogP contribution in [-0.2, 0) is 5.41 Å². The van der Waals surface area contributed by atoms with Gasteiger partial charge in [-0.3, -0.25) is 4.79 Å². The molecule has 0 aliphatic heterocycles. The number of alkyl halides is 4. The molecule has 1 aromatic rings. The van der Waals surface area contributed by atoms with Crippen LogP contribution in [0.25, 0.3) is 0 Å². The van der Waals surface area contributed by atoms with Crippen LogP contribution in [0.15, 0.2) is 24.3 Å². The summed E-state index contributed by atoms with van der Waals surface area (Å²) in [6, 6.07) is 6.74. The van der Waals surface area contributed by atoms with Gasteiger partial charge in [0.2, 0.25) is 0 Å². The molecule has 1 amide bonds. The molecule has 0 bridgehead atoms. The molecule has 0 spiro atoms. The summed E-state index contributed by atoms with van der Waals surface area (Å²) in [5.74, 6) is -0.604. The van der Waals surface area contributed by atoms with Crippen molar-refractivity contribution in [3.63, 3.8) is 0 Å². The molecular weight excluding hydrogens is 347 g/mol. The van der Waals surface area contributed by atoms with Crippen molar-refractivity contribution in [3.8, 4) is 0 Å². The highest BCUT2D eigenvalue weighted by molar-refractivity contribution is 9.09. The fourth-order valence-electron chi connectivity index (χ4n) is 1.87. The predicted octanol–water partition coefficient (Wildman–Crippen LogP) is 4.38. The molecule has 118 valence electrons. The molecule has 0 unspecified atom stereocenters. The molecule has 1 aromatic carbocycles. The maximum absolute atomic E-state index is 12.5. The summed E-state index contributed by atoms with van der Waals surface area (Å²) in [7, 11) is 0. The molecule has 0 radical (unpaired) electrons. The average Bonchev–Trinajstić information content (AvgIpc) is 2.35. The van der Waals surface area contributed by atoms with Crippen LogP contribution < -0.4 is 0 Å². The van der Waals surface area contributed by atoms with Crippen LogP contribution in [0.2, 0.25) is 0 Å². The van der Waals surface area contributed by atoms with E-state index in [9.17, 15) is 18.0 Å². The molecule has 0 saturated heterocycles. The zero-order valence-corrected chi connectivity index (χ0v) is 13.9. The number of carbonyl (C=O) groups excluding carboxylic acids is 1. The van der Waals surface area contributed by atoms with E-state index in [4.69, 9.17) is 0 Å². The first-order valence-corrected chi connectivity index (χ1v) is 7.69. The number of nitrogens with zero attached hydrogens (tertiary/aromatic N) is 1. The second-order valence-electron chi connectivity index (χ2n) is 5.86. The van der Waals surface area contributed by atoms with E-state index in [1.165, 1.54) is 0 Å². The largest absolute Gasteiger partial charge is 0.406 e. The fraction of sp³-hybridized carbons (Fsp3) is 0.533. The van der Waals surface area contributed by atoms with E-state index in [1.54, 1.807) is 24.3 Å². The smallest absolute Gasteiger partial charge is 0.329 e. The summed E-state index contributed by atoms with van der Waals surface area (Å²) in [6.07, 6.45) is -4.40. The van der Waals surface area contributed by atoms with Gasteiger partial charge in [0.15, 0.2) is 0 Å². The minimum atomic E-state index is -4.40. The standard InChI is InChI=1S/C15H19BrF3NO/c1-14(2,3)12-6-4-11(5-7-12)13(21)20(9-8-16)10-15(17,18)19/h4-7H,8-10H2,1-3H3. The van der Waals surface area contributed by atoms with Gasteiger partial charge in [0.1, 0.15) is 6.54 Å². The Morgan fingerprint density at radius 1 is 1.14 bits per heavy atom. The minimum Gasteiger partial charge on any atom is -0.329 e. The van der Waals surface area contributed by atoms with Crippen LogP contribution in [0.5, 0.6) is 0 Å². The highest BCUT2D eigenvalue weighted by Gasteiger charge is 2.33. The minimum absolute atomic E-state index is 0.0133. The van der Waals surface area contributed by atoms with Crippen LogP contribution in [-0.4, -0.2) is 35.4 Å². The molecule has 21 heavy (non-hydrogen) atoms. The van der Waals surface area contributed by atoms with Crippen LogP contribution >= 0.6 is 15.9 Å². The number of hydrogen-bond donors (Lipinski definition) is 0. The molecule has 2 nitrogen and oxygen atoms in total. The molecule has 1 rings (SSSR count). The Balaban J connectivity index is 2.94. The second-order valence-corrected chi connectivity index (χ2v) is 6.65. The first-order chi connectivity index (χ1) is 9.54. The van der Waals surface area contributed by atoms with Gasteiger partial charge in [0, 0.05) is 17.4 Å². The summed E-state index contributed by atoms with van der Waals surface area (Å²) >= 11 is 3.07. The van der Waals surface area contributed by atoms with E-state index < -0.39 is 18.6 Å². The topological polar surface area (TPSA) is 20.3 Å². The molecule has 0 saturated carbocycles.